The van der Waals surface area contributed by atoms with Gasteiger partial charge >= 0.3 is 11.8 Å². The molecular formula is C45H62N4O12. The number of rotatable bonds is 9. The minimum absolute atomic E-state index is 0.0366. The van der Waals surface area contributed by atoms with E-state index in [4.69, 9.17) is 18.9 Å². The number of Topliss-reactive ketones (excluding diaryl/α,β-unsaturated/α-hetero) is 1. The second kappa shape index (κ2) is 20.4. The Bertz CT molecular complexity index is 2110. The van der Waals surface area contributed by atoms with E-state index in [9.17, 15) is 39.9 Å². The number of esters is 1. The van der Waals surface area contributed by atoms with Crippen LogP contribution < -0.4 is 10.1 Å². The monoisotopic (exact) mass is 850 g/mol. The fraction of sp³-hybridized carbons (Fsp3) is 0.533. The minimum Gasteiger partial charge on any atom is -0.507 e. The summed E-state index contributed by atoms with van der Waals surface area (Å²) in [4.78, 5) is 42.5. The molecule has 2 aromatic carbocycles. The van der Waals surface area contributed by atoms with Crippen molar-refractivity contribution in [2.24, 2.45) is 33.9 Å². The molecule has 0 aromatic heterocycles. The summed E-state index contributed by atoms with van der Waals surface area (Å²) in [5, 5.41) is 68.7. The number of anilines is 1. The number of nitrogens with zero attached hydrogens (tertiary/aromatic N) is 3. The highest BCUT2D eigenvalue weighted by Crippen LogP contribution is 2.55. The summed E-state index contributed by atoms with van der Waals surface area (Å²) in [6, 6.07) is 0. The topological polar surface area (TPSA) is 229 Å². The molecule has 0 unspecified atom stereocenters. The van der Waals surface area contributed by atoms with E-state index in [2.05, 4.69) is 15.5 Å². The maximum Gasteiger partial charge on any atom is 0.312 e. The van der Waals surface area contributed by atoms with Crippen LogP contribution in [-0.2, 0) is 23.8 Å². The molecule has 0 spiro atoms. The SMILES string of the molecule is CCCN(/C=N/N=C/c1c2c(O)c3c(O)c(C)c4c(c3c1O)C(=O)[C@@](C)(O/C=C/[C@H](OC)[C@@H](C)[C@@H](OC(C)=O)[C@H](C)[C@H](O)[C@H](C)[C@@H](O)[C@@H](C)/C=C/C=C(/C)C(=O)N2)O4)CCC. The van der Waals surface area contributed by atoms with Gasteiger partial charge in [0, 0.05) is 74.2 Å². The molecule has 16 nitrogen and oxygen atoms in total. The lowest BCUT2D eigenvalue weighted by molar-refractivity contribution is -0.160. The number of amides is 1. The summed E-state index contributed by atoms with van der Waals surface area (Å²) in [5.74, 6) is -8.62. The van der Waals surface area contributed by atoms with E-state index in [1.54, 1.807) is 39.8 Å². The quantitative estimate of drug-likeness (QED) is 0.0411. The number of benzene rings is 2. The van der Waals surface area contributed by atoms with Gasteiger partial charge in [-0.2, -0.15) is 5.10 Å². The Morgan fingerprint density at radius 1 is 0.934 bits per heavy atom. The number of carbonyl (C=O) groups excluding carboxylic acids is 3. The number of nitrogens with one attached hydrogen (secondary N) is 1. The van der Waals surface area contributed by atoms with Crippen molar-refractivity contribution in [3.63, 3.8) is 0 Å². The number of methoxy groups -OCH3 is 1. The molecule has 2 aromatic rings. The maximum absolute atomic E-state index is 14.4. The van der Waals surface area contributed by atoms with Crippen molar-refractivity contribution in [3.8, 4) is 23.0 Å². The molecule has 0 fully saturated rings. The average Bonchev–Trinajstić information content (AvgIpc) is 3.48. The third kappa shape index (κ3) is 10.2. The van der Waals surface area contributed by atoms with E-state index >= 15 is 0 Å². The Hall–Kier alpha value is -5.45. The molecule has 5 rings (SSSR count). The van der Waals surface area contributed by atoms with Crippen molar-refractivity contribution in [1.82, 2.24) is 4.90 Å². The highest BCUT2D eigenvalue weighted by atomic mass is 16.7. The summed E-state index contributed by atoms with van der Waals surface area (Å²) < 4.78 is 23.6. The number of allylic oxidation sites excluding steroid dienone is 2. The lowest BCUT2D eigenvalue weighted by atomic mass is 9.78. The third-order valence-electron chi connectivity index (χ3n) is 11.5. The molecule has 3 aliphatic heterocycles. The van der Waals surface area contributed by atoms with Crippen molar-refractivity contribution in [3.05, 3.63) is 52.8 Å². The van der Waals surface area contributed by atoms with Gasteiger partial charge in [0.1, 0.15) is 29.7 Å². The van der Waals surface area contributed by atoms with E-state index in [0.29, 0.717) is 0 Å². The molecule has 61 heavy (non-hydrogen) atoms. The van der Waals surface area contributed by atoms with Gasteiger partial charge in [0.05, 0.1) is 53.0 Å². The van der Waals surface area contributed by atoms with E-state index < -0.39 is 88.8 Å². The predicted octanol–water partition coefficient (Wildman–Crippen LogP) is 6.24. The highest BCUT2D eigenvalue weighted by molar-refractivity contribution is 6.23. The highest BCUT2D eigenvalue weighted by Gasteiger charge is 2.50. The first-order chi connectivity index (χ1) is 28.8. The summed E-state index contributed by atoms with van der Waals surface area (Å²) in [5.41, 5.74) is -0.577. The largest absolute Gasteiger partial charge is 0.507 e. The van der Waals surface area contributed by atoms with Crippen molar-refractivity contribution < 1.29 is 58.9 Å². The molecule has 9 atom stereocenters. The number of phenolic OH excluding ortho intramolecular Hbond substituents is 3. The number of carbonyl (C=O) groups is 3. The Morgan fingerprint density at radius 3 is 2.20 bits per heavy atom. The smallest absolute Gasteiger partial charge is 0.312 e. The van der Waals surface area contributed by atoms with Crippen molar-refractivity contribution in [1.29, 1.82) is 0 Å². The molecule has 0 saturated heterocycles. The lowest BCUT2D eigenvalue weighted by Gasteiger charge is -2.38. The zero-order valence-electron chi connectivity index (χ0n) is 36.9. The van der Waals surface area contributed by atoms with Crippen molar-refractivity contribution in [2.45, 2.75) is 112 Å². The van der Waals surface area contributed by atoms with Gasteiger partial charge in [-0.3, -0.25) is 14.4 Å². The number of ketones is 1. The van der Waals surface area contributed by atoms with Gasteiger partial charge in [0.25, 0.3) is 11.7 Å². The molecular weight excluding hydrogens is 789 g/mol. The van der Waals surface area contributed by atoms with Crippen LogP contribution in [0.4, 0.5) is 5.69 Å². The maximum atomic E-state index is 14.4. The molecule has 334 valence electrons. The van der Waals surface area contributed by atoms with Gasteiger partial charge in [0.15, 0.2) is 5.75 Å². The summed E-state index contributed by atoms with van der Waals surface area (Å²) in [7, 11) is 1.43. The van der Waals surface area contributed by atoms with Crippen LogP contribution in [0.5, 0.6) is 23.0 Å². The first kappa shape index (κ1) is 48.2. The van der Waals surface area contributed by atoms with Crippen LogP contribution in [0.15, 0.2) is 46.3 Å². The Balaban J connectivity index is 1.97. The van der Waals surface area contributed by atoms with Crippen molar-refractivity contribution in [2.75, 3.05) is 25.5 Å². The number of phenols is 3. The standard InChI is InChI=1S/C45H62N4O12/c1-12-18-49(19-13-2)22-47-46-21-30-35-40(55)33-32(39(30)54)34-42(28(8)38(33)53)61-45(10,43(34)56)59-20-17-31(58-11)25(5)41(60-29(9)50)27(7)37(52)26(6)36(51)23(3)15-14-16-24(4)44(57)48-35/h14-17,20-23,25-27,31,36-37,41,51-55H,12-13,18-19H2,1-11H3,(H,48,57)/b15-14+,20-17+,24-16-,46-21+,47-22+/t23-,25+,26+,27+,31-,36-,37+,41+,45-/m0/s1. The lowest BCUT2D eigenvalue weighted by Crippen LogP contribution is -2.46. The molecule has 3 heterocycles. The zero-order valence-corrected chi connectivity index (χ0v) is 36.9. The van der Waals surface area contributed by atoms with Gasteiger partial charge in [-0.1, -0.05) is 59.8 Å². The molecule has 1 amide bonds. The van der Waals surface area contributed by atoms with Gasteiger partial charge in [-0.05, 0) is 32.8 Å². The summed E-state index contributed by atoms with van der Waals surface area (Å²) >= 11 is 0. The summed E-state index contributed by atoms with van der Waals surface area (Å²) in [6.45, 7) is 17.9. The van der Waals surface area contributed by atoms with Crippen LogP contribution in [-0.4, -0.2) is 111 Å². The fourth-order valence-electron chi connectivity index (χ4n) is 7.87. The first-order valence-electron chi connectivity index (χ1n) is 20.6. The van der Waals surface area contributed by atoms with E-state index in [1.807, 2.05) is 18.7 Å². The number of aromatic hydroxyl groups is 3. The minimum atomic E-state index is -2.06. The fourth-order valence-corrected chi connectivity index (χ4v) is 7.87. The van der Waals surface area contributed by atoms with Crippen LogP contribution in [0.3, 0.4) is 0 Å². The normalized spacial score (nSPS) is 29.6. The Morgan fingerprint density at radius 2 is 1.59 bits per heavy atom. The molecule has 0 saturated carbocycles. The third-order valence-corrected chi connectivity index (χ3v) is 11.5. The van der Waals surface area contributed by atoms with Gasteiger partial charge in [0.2, 0.25) is 0 Å². The first-order valence-corrected chi connectivity index (χ1v) is 20.6. The van der Waals surface area contributed by atoms with E-state index in [-0.39, 0.29) is 44.5 Å². The number of aliphatic hydroxyl groups is 2. The molecule has 16 heteroatoms. The molecule has 0 aliphatic carbocycles. The van der Waals surface area contributed by atoms with Crippen LogP contribution in [0.1, 0.15) is 96.6 Å². The molecule has 3 aliphatic rings. The Labute approximate surface area is 357 Å². The average molecular weight is 851 g/mol. The molecule has 6 N–H and O–H groups in total. The van der Waals surface area contributed by atoms with Gasteiger partial charge in [-0.25, -0.2) is 0 Å². The number of ether oxygens (including phenoxy) is 4. The zero-order chi connectivity index (χ0) is 45.5. The van der Waals surface area contributed by atoms with Gasteiger partial charge in [-0.15, -0.1) is 5.10 Å². The van der Waals surface area contributed by atoms with Crippen LogP contribution in [0.2, 0.25) is 0 Å². The van der Waals surface area contributed by atoms with Crippen molar-refractivity contribution >= 4 is 46.7 Å². The van der Waals surface area contributed by atoms with Crippen LogP contribution in [0.25, 0.3) is 10.8 Å². The van der Waals surface area contributed by atoms with E-state index in [1.165, 1.54) is 59.6 Å². The number of fused-ring (bicyclic) bond motifs is 14. The van der Waals surface area contributed by atoms with Crippen LogP contribution in [0, 0.1) is 30.6 Å². The Kier molecular flexibility index (Phi) is 16.1. The number of aliphatic hydroxyl groups excluding tert-OH is 2. The van der Waals surface area contributed by atoms with E-state index in [0.717, 1.165) is 32.1 Å². The predicted molar refractivity (Wildman–Crippen MR) is 232 cm³/mol. The second-order valence-electron chi connectivity index (χ2n) is 16.1. The molecule has 0 radical (unpaired) electrons. The molecule has 5 bridgehead atoms. The van der Waals surface area contributed by atoms with Crippen LogP contribution >= 0.6 is 0 Å². The number of hydrogen-bond acceptors (Lipinski definition) is 14. The summed E-state index contributed by atoms with van der Waals surface area (Å²) in [6.07, 6.45) is 7.85. The van der Waals surface area contributed by atoms with Gasteiger partial charge < -0.3 is 54.7 Å². The number of hydrogen-bond donors (Lipinski definition) is 6. The second-order valence-corrected chi connectivity index (χ2v) is 16.1.